The van der Waals surface area contributed by atoms with E-state index in [4.69, 9.17) is 0 Å². The zero-order valence-corrected chi connectivity index (χ0v) is 7.27. The summed E-state index contributed by atoms with van der Waals surface area (Å²) in [5.41, 5.74) is 0. The summed E-state index contributed by atoms with van der Waals surface area (Å²) in [4.78, 5) is 2.46. The van der Waals surface area contributed by atoms with Gasteiger partial charge in [-0.3, -0.25) is 0 Å². The fourth-order valence-electron chi connectivity index (χ4n) is 1.92. The Bertz CT molecular complexity index is 88.7. The van der Waals surface area contributed by atoms with Crippen molar-refractivity contribution < 1.29 is 0 Å². The third-order valence-electron chi connectivity index (χ3n) is 2.42. The Morgan fingerprint density at radius 1 is 1.50 bits per heavy atom. The predicted molar refractivity (Wildman–Crippen MR) is 45.1 cm³/mol. The molecule has 60 valence electrons. The van der Waals surface area contributed by atoms with Crippen LogP contribution in [0.25, 0.3) is 0 Å². The van der Waals surface area contributed by atoms with Crippen LogP contribution < -0.4 is 0 Å². The molecule has 1 saturated heterocycles. The standard InChI is InChI=1S/C9H19N/c1-3-5-9-6-4-7-10(2)8-9/h9H,3-8H2,1-2H3/t9-/m0/s1. The smallest absolute Gasteiger partial charge is 0.000661 e. The first-order chi connectivity index (χ1) is 4.83. The van der Waals surface area contributed by atoms with E-state index in [1.165, 1.54) is 38.8 Å². The second-order valence-corrected chi connectivity index (χ2v) is 3.56. The lowest BCUT2D eigenvalue weighted by Crippen LogP contribution is -2.31. The van der Waals surface area contributed by atoms with Gasteiger partial charge >= 0.3 is 0 Å². The minimum absolute atomic E-state index is 1.00. The lowest BCUT2D eigenvalue weighted by molar-refractivity contribution is 0.201. The van der Waals surface area contributed by atoms with E-state index in [1.807, 2.05) is 0 Å². The van der Waals surface area contributed by atoms with Gasteiger partial charge in [0.15, 0.2) is 0 Å². The van der Waals surface area contributed by atoms with Gasteiger partial charge in [0.05, 0.1) is 0 Å². The summed E-state index contributed by atoms with van der Waals surface area (Å²) in [6, 6.07) is 0. The average molecular weight is 141 g/mol. The van der Waals surface area contributed by atoms with E-state index in [-0.39, 0.29) is 0 Å². The molecule has 0 radical (unpaired) electrons. The van der Waals surface area contributed by atoms with Crippen LogP contribution in [0.5, 0.6) is 0 Å². The van der Waals surface area contributed by atoms with Crippen molar-refractivity contribution in [1.29, 1.82) is 0 Å². The van der Waals surface area contributed by atoms with Crippen LogP contribution in [0.3, 0.4) is 0 Å². The first-order valence-corrected chi connectivity index (χ1v) is 4.51. The molecule has 0 amide bonds. The summed E-state index contributed by atoms with van der Waals surface area (Å²) in [7, 11) is 2.24. The monoisotopic (exact) mass is 141 g/mol. The number of hydrogen-bond acceptors (Lipinski definition) is 1. The molecule has 1 nitrogen and oxygen atoms in total. The van der Waals surface area contributed by atoms with Crippen LogP contribution in [0.2, 0.25) is 0 Å². The highest BCUT2D eigenvalue weighted by Gasteiger charge is 2.15. The first kappa shape index (κ1) is 8.06. The molecule has 0 saturated carbocycles. The highest BCUT2D eigenvalue weighted by molar-refractivity contribution is 4.69. The Morgan fingerprint density at radius 3 is 2.90 bits per heavy atom. The van der Waals surface area contributed by atoms with Crippen LogP contribution in [-0.2, 0) is 0 Å². The molecule has 10 heavy (non-hydrogen) atoms. The molecule has 1 atom stereocenters. The lowest BCUT2D eigenvalue weighted by Gasteiger charge is -2.29. The summed E-state index contributed by atoms with van der Waals surface area (Å²) in [5.74, 6) is 1.00. The molecule has 0 aromatic carbocycles. The molecule has 0 aromatic heterocycles. The normalized spacial score (nSPS) is 28.8. The largest absolute Gasteiger partial charge is 0.306 e. The molecule has 0 unspecified atom stereocenters. The second-order valence-electron chi connectivity index (χ2n) is 3.56. The predicted octanol–water partition coefficient (Wildman–Crippen LogP) is 2.13. The Morgan fingerprint density at radius 2 is 2.30 bits per heavy atom. The SMILES string of the molecule is CCC[C@H]1CCCN(C)C1. The minimum atomic E-state index is 1.00. The minimum Gasteiger partial charge on any atom is -0.306 e. The fourth-order valence-corrected chi connectivity index (χ4v) is 1.92. The van der Waals surface area contributed by atoms with E-state index in [0.717, 1.165) is 5.92 Å². The van der Waals surface area contributed by atoms with Gasteiger partial charge in [-0.1, -0.05) is 13.3 Å². The van der Waals surface area contributed by atoms with Gasteiger partial charge in [0, 0.05) is 6.54 Å². The van der Waals surface area contributed by atoms with E-state index in [1.54, 1.807) is 0 Å². The zero-order valence-electron chi connectivity index (χ0n) is 7.27. The molecule has 0 aromatic rings. The second kappa shape index (κ2) is 3.97. The maximum absolute atomic E-state index is 2.46. The Hall–Kier alpha value is -0.0400. The van der Waals surface area contributed by atoms with E-state index < -0.39 is 0 Å². The summed E-state index contributed by atoms with van der Waals surface area (Å²) in [5, 5.41) is 0. The topological polar surface area (TPSA) is 3.24 Å². The van der Waals surface area contributed by atoms with Crippen molar-refractivity contribution in [2.24, 2.45) is 5.92 Å². The Labute approximate surface area is 64.4 Å². The van der Waals surface area contributed by atoms with Crippen LogP contribution in [0, 0.1) is 5.92 Å². The van der Waals surface area contributed by atoms with Crippen LogP contribution in [0.1, 0.15) is 32.6 Å². The van der Waals surface area contributed by atoms with Gasteiger partial charge in [-0.25, -0.2) is 0 Å². The maximum atomic E-state index is 2.46. The lowest BCUT2D eigenvalue weighted by atomic mass is 9.94. The molecular formula is C9H19N. The number of nitrogens with zero attached hydrogens (tertiary/aromatic N) is 1. The molecule has 1 aliphatic rings. The Balaban J connectivity index is 2.18. The molecule has 1 heteroatoms. The number of piperidine rings is 1. The van der Waals surface area contributed by atoms with Crippen LogP contribution in [-0.4, -0.2) is 25.0 Å². The third-order valence-corrected chi connectivity index (χ3v) is 2.42. The molecule has 0 N–H and O–H groups in total. The van der Waals surface area contributed by atoms with Crippen LogP contribution >= 0.6 is 0 Å². The molecule has 0 spiro atoms. The van der Waals surface area contributed by atoms with Crippen molar-refractivity contribution in [2.45, 2.75) is 32.6 Å². The molecular weight excluding hydrogens is 122 g/mol. The molecule has 1 aliphatic heterocycles. The maximum Gasteiger partial charge on any atom is 0.000661 e. The molecule has 1 rings (SSSR count). The van der Waals surface area contributed by atoms with Crippen molar-refractivity contribution in [1.82, 2.24) is 4.90 Å². The van der Waals surface area contributed by atoms with Gasteiger partial charge in [-0.05, 0) is 38.8 Å². The van der Waals surface area contributed by atoms with Crippen molar-refractivity contribution in [3.05, 3.63) is 0 Å². The molecule has 0 bridgehead atoms. The van der Waals surface area contributed by atoms with E-state index in [9.17, 15) is 0 Å². The fraction of sp³-hybridized carbons (Fsp3) is 1.00. The van der Waals surface area contributed by atoms with Gasteiger partial charge in [0.1, 0.15) is 0 Å². The van der Waals surface area contributed by atoms with Gasteiger partial charge in [0.2, 0.25) is 0 Å². The van der Waals surface area contributed by atoms with Crippen LogP contribution in [0.4, 0.5) is 0 Å². The molecule has 0 aliphatic carbocycles. The average Bonchev–Trinajstić information content (AvgIpc) is 1.88. The summed E-state index contributed by atoms with van der Waals surface area (Å²) >= 11 is 0. The van der Waals surface area contributed by atoms with Crippen molar-refractivity contribution >= 4 is 0 Å². The van der Waals surface area contributed by atoms with E-state index in [2.05, 4.69) is 18.9 Å². The number of likely N-dealkylation sites (tertiary alicyclic amines) is 1. The number of hydrogen-bond donors (Lipinski definition) is 0. The van der Waals surface area contributed by atoms with E-state index in [0.29, 0.717) is 0 Å². The summed E-state index contributed by atoms with van der Waals surface area (Å²) in [6.07, 6.45) is 5.68. The zero-order chi connectivity index (χ0) is 7.40. The first-order valence-electron chi connectivity index (χ1n) is 4.51. The van der Waals surface area contributed by atoms with Crippen LogP contribution in [0.15, 0.2) is 0 Å². The highest BCUT2D eigenvalue weighted by Crippen LogP contribution is 2.19. The van der Waals surface area contributed by atoms with Crippen molar-refractivity contribution in [2.75, 3.05) is 20.1 Å². The number of rotatable bonds is 2. The van der Waals surface area contributed by atoms with Crippen molar-refractivity contribution in [3.63, 3.8) is 0 Å². The highest BCUT2D eigenvalue weighted by atomic mass is 15.1. The molecule has 1 fully saturated rings. The van der Waals surface area contributed by atoms with Gasteiger partial charge in [0.25, 0.3) is 0 Å². The summed E-state index contributed by atoms with van der Waals surface area (Å²) in [6.45, 7) is 4.95. The van der Waals surface area contributed by atoms with E-state index >= 15 is 0 Å². The third kappa shape index (κ3) is 2.30. The quantitative estimate of drug-likeness (QED) is 0.569. The van der Waals surface area contributed by atoms with Gasteiger partial charge in [-0.2, -0.15) is 0 Å². The summed E-state index contributed by atoms with van der Waals surface area (Å²) < 4.78 is 0. The van der Waals surface area contributed by atoms with Gasteiger partial charge in [-0.15, -0.1) is 0 Å². The molecule has 1 heterocycles. The Kier molecular flexibility index (Phi) is 3.20. The van der Waals surface area contributed by atoms with Gasteiger partial charge < -0.3 is 4.90 Å². The van der Waals surface area contributed by atoms with Crippen molar-refractivity contribution in [3.8, 4) is 0 Å².